The second-order valence-electron chi connectivity index (χ2n) is 3.43. The molecular formula is C11H15NO3S. The Balaban J connectivity index is 2.34. The zero-order valence-electron chi connectivity index (χ0n) is 8.80. The highest BCUT2D eigenvalue weighted by Gasteiger charge is 2.10. The standard InChI is InChI=1S/C11H15NO3S/c12-10(11(14)15)7-16-6-9-3-1-8(5-13)2-4-9/h1-4,10,13H,5-7,12H2,(H,14,15)/t10-/m0/s1. The van der Waals surface area contributed by atoms with E-state index in [2.05, 4.69) is 0 Å². The summed E-state index contributed by atoms with van der Waals surface area (Å²) in [6.45, 7) is 0.0390. The smallest absolute Gasteiger partial charge is 0.321 e. The number of benzene rings is 1. The van der Waals surface area contributed by atoms with E-state index in [0.717, 1.165) is 16.9 Å². The molecule has 1 aromatic carbocycles. The van der Waals surface area contributed by atoms with Crippen molar-refractivity contribution in [1.29, 1.82) is 0 Å². The van der Waals surface area contributed by atoms with Gasteiger partial charge in [0.25, 0.3) is 0 Å². The van der Waals surface area contributed by atoms with Gasteiger partial charge in [0.05, 0.1) is 6.61 Å². The van der Waals surface area contributed by atoms with Crippen LogP contribution in [0.15, 0.2) is 24.3 Å². The van der Waals surface area contributed by atoms with Gasteiger partial charge in [0.15, 0.2) is 0 Å². The van der Waals surface area contributed by atoms with Crippen molar-refractivity contribution >= 4 is 17.7 Å². The van der Waals surface area contributed by atoms with Gasteiger partial charge in [0.1, 0.15) is 6.04 Å². The lowest BCUT2D eigenvalue weighted by molar-refractivity contribution is -0.137. The van der Waals surface area contributed by atoms with Crippen molar-refractivity contribution < 1.29 is 15.0 Å². The Hall–Kier alpha value is -1.04. The number of aliphatic hydroxyl groups excluding tert-OH is 1. The molecule has 4 N–H and O–H groups in total. The molecule has 0 heterocycles. The highest BCUT2D eigenvalue weighted by Crippen LogP contribution is 2.13. The van der Waals surface area contributed by atoms with Gasteiger partial charge in [0.2, 0.25) is 0 Å². The first kappa shape index (κ1) is 13.0. The molecule has 0 aromatic heterocycles. The molecular weight excluding hydrogens is 226 g/mol. The maximum Gasteiger partial charge on any atom is 0.321 e. The van der Waals surface area contributed by atoms with Crippen molar-refractivity contribution in [2.45, 2.75) is 18.4 Å². The summed E-state index contributed by atoms with van der Waals surface area (Å²) in [6.07, 6.45) is 0. The SMILES string of the molecule is N[C@@H](CSCc1ccc(CO)cc1)C(=O)O. The monoisotopic (exact) mass is 241 g/mol. The third kappa shape index (κ3) is 4.22. The van der Waals surface area contributed by atoms with Crippen LogP contribution in [-0.4, -0.2) is 28.0 Å². The Kier molecular flexibility index (Phi) is 5.31. The number of thioether (sulfide) groups is 1. The zero-order chi connectivity index (χ0) is 12.0. The first-order valence-corrected chi connectivity index (χ1v) is 6.03. The van der Waals surface area contributed by atoms with Crippen molar-refractivity contribution in [3.8, 4) is 0 Å². The maximum absolute atomic E-state index is 10.5. The third-order valence-electron chi connectivity index (χ3n) is 2.09. The van der Waals surface area contributed by atoms with Gasteiger partial charge in [-0.1, -0.05) is 24.3 Å². The molecule has 0 saturated heterocycles. The average Bonchev–Trinajstić information content (AvgIpc) is 2.29. The average molecular weight is 241 g/mol. The minimum atomic E-state index is -0.969. The van der Waals surface area contributed by atoms with E-state index in [1.54, 1.807) is 0 Å². The van der Waals surface area contributed by atoms with E-state index in [1.807, 2.05) is 24.3 Å². The lowest BCUT2D eigenvalue weighted by atomic mass is 10.2. The van der Waals surface area contributed by atoms with Crippen LogP contribution in [0.4, 0.5) is 0 Å². The van der Waals surface area contributed by atoms with Crippen LogP contribution >= 0.6 is 11.8 Å². The molecule has 0 saturated carbocycles. The van der Waals surface area contributed by atoms with Crippen LogP contribution in [0, 0.1) is 0 Å². The maximum atomic E-state index is 10.5. The minimum Gasteiger partial charge on any atom is -0.480 e. The summed E-state index contributed by atoms with van der Waals surface area (Å²) < 4.78 is 0. The Morgan fingerprint density at radius 3 is 2.38 bits per heavy atom. The van der Waals surface area contributed by atoms with Crippen LogP contribution in [-0.2, 0) is 17.2 Å². The summed E-state index contributed by atoms with van der Waals surface area (Å²) in [5, 5.41) is 17.4. The highest BCUT2D eigenvalue weighted by atomic mass is 32.2. The summed E-state index contributed by atoms with van der Waals surface area (Å²) in [4.78, 5) is 10.5. The molecule has 4 nitrogen and oxygen atoms in total. The molecule has 0 radical (unpaired) electrons. The van der Waals surface area contributed by atoms with E-state index in [9.17, 15) is 4.79 Å². The number of aliphatic hydroxyl groups is 1. The lowest BCUT2D eigenvalue weighted by Gasteiger charge is -2.06. The molecule has 16 heavy (non-hydrogen) atoms. The number of nitrogens with two attached hydrogens (primary N) is 1. The summed E-state index contributed by atoms with van der Waals surface area (Å²) in [5.41, 5.74) is 7.34. The van der Waals surface area contributed by atoms with Gasteiger partial charge in [-0.15, -0.1) is 0 Å². The molecule has 1 rings (SSSR count). The molecule has 0 aliphatic carbocycles. The number of rotatable bonds is 6. The molecule has 0 bridgehead atoms. The summed E-state index contributed by atoms with van der Waals surface area (Å²) >= 11 is 1.49. The fourth-order valence-electron chi connectivity index (χ4n) is 1.12. The molecule has 1 atom stereocenters. The first-order chi connectivity index (χ1) is 7.63. The summed E-state index contributed by atoms with van der Waals surface area (Å²) in [5.74, 6) is 0.159. The Bertz CT molecular complexity index is 340. The van der Waals surface area contributed by atoms with Crippen molar-refractivity contribution in [3.63, 3.8) is 0 Å². The van der Waals surface area contributed by atoms with E-state index in [0.29, 0.717) is 5.75 Å². The number of hydrogen-bond acceptors (Lipinski definition) is 4. The van der Waals surface area contributed by atoms with Gasteiger partial charge in [-0.3, -0.25) is 4.79 Å². The van der Waals surface area contributed by atoms with Gasteiger partial charge in [-0.05, 0) is 11.1 Å². The van der Waals surface area contributed by atoms with Crippen molar-refractivity contribution in [3.05, 3.63) is 35.4 Å². The minimum absolute atomic E-state index is 0.0390. The number of hydrogen-bond donors (Lipinski definition) is 3. The predicted octanol–water partition coefficient (Wildman–Crippen LogP) is 0.824. The fourth-order valence-corrected chi connectivity index (χ4v) is 2.06. The summed E-state index contributed by atoms with van der Waals surface area (Å²) in [7, 11) is 0. The van der Waals surface area contributed by atoms with Gasteiger partial charge in [0, 0.05) is 11.5 Å². The molecule has 0 aliphatic heterocycles. The Morgan fingerprint density at radius 1 is 1.31 bits per heavy atom. The largest absolute Gasteiger partial charge is 0.480 e. The molecule has 0 aliphatic rings. The van der Waals surface area contributed by atoms with E-state index in [4.69, 9.17) is 15.9 Å². The Labute approximate surface area is 98.5 Å². The quantitative estimate of drug-likeness (QED) is 0.687. The number of carboxylic acids is 1. The number of carboxylic acid groups (broad SMARTS) is 1. The van der Waals surface area contributed by atoms with Gasteiger partial charge in [-0.25, -0.2) is 0 Å². The molecule has 1 aromatic rings. The molecule has 0 fully saturated rings. The van der Waals surface area contributed by atoms with E-state index >= 15 is 0 Å². The number of aliphatic carboxylic acids is 1. The van der Waals surface area contributed by atoms with E-state index in [-0.39, 0.29) is 6.61 Å². The van der Waals surface area contributed by atoms with Gasteiger partial charge in [-0.2, -0.15) is 11.8 Å². The van der Waals surface area contributed by atoms with Gasteiger partial charge >= 0.3 is 5.97 Å². The first-order valence-electron chi connectivity index (χ1n) is 4.88. The highest BCUT2D eigenvalue weighted by molar-refractivity contribution is 7.98. The third-order valence-corrected chi connectivity index (χ3v) is 3.22. The summed E-state index contributed by atoms with van der Waals surface area (Å²) in [6, 6.07) is 6.75. The van der Waals surface area contributed by atoms with Gasteiger partial charge < -0.3 is 15.9 Å². The Morgan fingerprint density at radius 2 is 1.88 bits per heavy atom. The van der Waals surface area contributed by atoms with Crippen LogP contribution in [0.2, 0.25) is 0 Å². The molecule has 0 unspecified atom stereocenters. The topological polar surface area (TPSA) is 83.5 Å². The van der Waals surface area contributed by atoms with Crippen molar-refractivity contribution in [2.24, 2.45) is 5.73 Å². The normalized spacial score (nSPS) is 12.4. The molecule has 88 valence electrons. The molecule has 0 spiro atoms. The van der Waals surface area contributed by atoms with Crippen LogP contribution < -0.4 is 5.73 Å². The lowest BCUT2D eigenvalue weighted by Crippen LogP contribution is -2.32. The van der Waals surface area contributed by atoms with E-state index < -0.39 is 12.0 Å². The van der Waals surface area contributed by atoms with Crippen molar-refractivity contribution in [2.75, 3.05) is 5.75 Å². The van der Waals surface area contributed by atoms with E-state index in [1.165, 1.54) is 11.8 Å². The second kappa shape index (κ2) is 6.52. The fraction of sp³-hybridized carbons (Fsp3) is 0.364. The van der Waals surface area contributed by atoms with Crippen LogP contribution in [0.25, 0.3) is 0 Å². The van der Waals surface area contributed by atoms with Crippen LogP contribution in [0.3, 0.4) is 0 Å². The number of carbonyl (C=O) groups is 1. The van der Waals surface area contributed by atoms with Crippen LogP contribution in [0.5, 0.6) is 0 Å². The predicted molar refractivity (Wildman–Crippen MR) is 64.1 cm³/mol. The molecule has 5 heteroatoms. The molecule has 0 amide bonds. The van der Waals surface area contributed by atoms with Crippen molar-refractivity contribution in [1.82, 2.24) is 0 Å². The second-order valence-corrected chi connectivity index (χ2v) is 4.46. The zero-order valence-corrected chi connectivity index (χ0v) is 9.61. The van der Waals surface area contributed by atoms with Crippen LogP contribution in [0.1, 0.15) is 11.1 Å².